The Balaban J connectivity index is 2.36. The summed E-state index contributed by atoms with van der Waals surface area (Å²) in [6.07, 6.45) is 1.62. The molecule has 0 spiro atoms. The molecule has 0 heterocycles. The maximum atomic E-state index is 12.0. The second-order valence-corrected chi connectivity index (χ2v) is 5.57. The summed E-state index contributed by atoms with van der Waals surface area (Å²) >= 11 is 0. The van der Waals surface area contributed by atoms with E-state index >= 15 is 0 Å². The van der Waals surface area contributed by atoms with Crippen molar-refractivity contribution in [1.29, 1.82) is 0 Å². The lowest BCUT2D eigenvalue weighted by Crippen LogP contribution is -2.34. The topological polar surface area (TPSA) is 61.6 Å². The first kappa shape index (κ1) is 17.5. The zero-order valence-corrected chi connectivity index (χ0v) is 13.4. The van der Waals surface area contributed by atoms with Crippen LogP contribution in [0.2, 0.25) is 0 Å². The van der Waals surface area contributed by atoms with Crippen molar-refractivity contribution in [2.75, 3.05) is 51.3 Å². The van der Waals surface area contributed by atoms with Crippen molar-refractivity contribution >= 4 is 17.3 Å². The van der Waals surface area contributed by atoms with E-state index in [0.29, 0.717) is 12.1 Å². The van der Waals surface area contributed by atoms with Crippen molar-refractivity contribution in [2.24, 2.45) is 0 Å². The standard InChI is InChI=1S/C16H28N4O/c1-4-10-20(13-12-19(2)3)11-9-16(21)18-15-7-5-14(17)6-8-15/h5-8H,4,9-13,17H2,1-3H3,(H,18,21). The molecule has 5 heteroatoms. The van der Waals surface area contributed by atoms with Gasteiger partial charge in [0.25, 0.3) is 0 Å². The molecule has 0 saturated carbocycles. The quantitative estimate of drug-likeness (QED) is 0.682. The normalized spacial score (nSPS) is 11.1. The summed E-state index contributed by atoms with van der Waals surface area (Å²) in [5.41, 5.74) is 7.12. The predicted octanol–water partition coefficient (Wildman–Crippen LogP) is 1.87. The van der Waals surface area contributed by atoms with E-state index in [9.17, 15) is 4.79 Å². The number of nitrogen functional groups attached to an aromatic ring is 1. The van der Waals surface area contributed by atoms with Crippen LogP contribution in [-0.4, -0.2) is 56.0 Å². The van der Waals surface area contributed by atoms with E-state index in [1.54, 1.807) is 12.1 Å². The number of rotatable bonds is 9. The van der Waals surface area contributed by atoms with Gasteiger partial charge in [-0.1, -0.05) is 6.92 Å². The maximum Gasteiger partial charge on any atom is 0.225 e. The molecule has 0 aromatic heterocycles. The Labute approximate surface area is 128 Å². The van der Waals surface area contributed by atoms with Crippen LogP contribution in [0.4, 0.5) is 11.4 Å². The van der Waals surface area contributed by atoms with Gasteiger partial charge in [-0.15, -0.1) is 0 Å². The third kappa shape index (κ3) is 7.68. The molecule has 0 fully saturated rings. The Hall–Kier alpha value is -1.59. The summed E-state index contributed by atoms with van der Waals surface area (Å²) in [6.45, 7) is 6.00. The largest absolute Gasteiger partial charge is 0.399 e. The summed E-state index contributed by atoms with van der Waals surface area (Å²) in [5.74, 6) is 0.0470. The number of likely N-dealkylation sites (N-methyl/N-ethyl adjacent to an activating group) is 1. The Bertz CT molecular complexity index is 417. The molecule has 1 aromatic carbocycles. The Morgan fingerprint density at radius 1 is 1.10 bits per heavy atom. The van der Waals surface area contributed by atoms with E-state index in [-0.39, 0.29) is 5.91 Å². The van der Waals surface area contributed by atoms with Gasteiger partial charge in [-0.25, -0.2) is 0 Å². The fourth-order valence-electron chi connectivity index (χ4n) is 2.04. The number of nitrogens with zero attached hydrogens (tertiary/aromatic N) is 2. The van der Waals surface area contributed by atoms with Crippen molar-refractivity contribution in [3.8, 4) is 0 Å². The SMILES string of the molecule is CCCN(CCC(=O)Nc1ccc(N)cc1)CCN(C)C. The summed E-state index contributed by atoms with van der Waals surface area (Å²) in [7, 11) is 4.13. The number of hydrogen-bond acceptors (Lipinski definition) is 4. The van der Waals surface area contributed by atoms with Crippen LogP contribution in [-0.2, 0) is 4.79 Å². The minimum absolute atomic E-state index is 0.0470. The molecule has 1 rings (SSSR count). The van der Waals surface area contributed by atoms with Gasteiger partial charge < -0.3 is 20.9 Å². The monoisotopic (exact) mass is 292 g/mol. The van der Waals surface area contributed by atoms with Crippen LogP contribution in [0, 0.1) is 0 Å². The first-order valence-corrected chi connectivity index (χ1v) is 7.53. The van der Waals surface area contributed by atoms with Crippen molar-refractivity contribution in [3.63, 3.8) is 0 Å². The van der Waals surface area contributed by atoms with Crippen molar-refractivity contribution in [3.05, 3.63) is 24.3 Å². The molecule has 0 saturated heterocycles. The molecule has 5 nitrogen and oxygen atoms in total. The molecule has 0 radical (unpaired) electrons. The molecular weight excluding hydrogens is 264 g/mol. The summed E-state index contributed by atoms with van der Waals surface area (Å²) in [4.78, 5) is 16.5. The Morgan fingerprint density at radius 2 is 1.76 bits per heavy atom. The zero-order chi connectivity index (χ0) is 15.7. The van der Waals surface area contributed by atoms with Crippen LogP contribution in [0.25, 0.3) is 0 Å². The van der Waals surface area contributed by atoms with E-state index in [1.165, 1.54) is 0 Å². The predicted molar refractivity (Wildman–Crippen MR) is 89.4 cm³/mol. The van der Waals surface area contributed by atoms with Crippen molar-refractivity contribution < 1.29 is 4.79 Å². The lowest BCUT2D eigenvalue weighted by molar-refractivity contribution is -0.116. The fourth-order valence-corrected chi connectivity index (χ4v) is 2.04. The second-order valence-electron chi connectivity index (χ2n) is 5.57. The molecule has 0 atom stereocenters. The molecule has 0 bridgehead atoms. The zero-order valence-electron chi connectivity index (χ0n) is 13.4. The molecule has 3 N–H and O–H groups in total. The average Bonchev–Trinajstić information content (AvgIpc) is 2.44. The number of benzene rings is 1. The number of hydrogen-bond donors (Lipinski definition) is 2. The van der Waals surface area contributed by atoms with Crippen LogP contribution in [0.15, 0.2) is 24.3 Å². The molecule has 0 unspecified atom stereocenters. The van der Waals surface area contributed by atoms with Crippen LogP contribution in [0.5, 0.6) is 0 Å². The highest BCUT2D eigenvalue weighted by Crippen LogP contribution is 2.10. The average molecular weight is 292 g/mol. The molecular formula is C16H28N4O. The number of carbonyl (C=O) groups excluding carboxylic acids is 1. The van der Waals surface area contributed by atoms with Crippen LogP contribution < -0.4 is 11.1 Å². The third-order valence-electron chi connectivity index (χ3n) is 3.25. The lowest BCUT2D eigenvalue weighted by atomic mass is 10.2. The van der Waals surface area contributed by atoms with E-state index in [2.05, 4.69) is 36.1 Å². The third-order valence-corrected chi connectivity index (χ3v) is 3.25. The number of carbonyl (C=O) groups is 1. The van der Waals surface area contributed by atoms with Crippen molar-refractivity contribution in [2.45, 2.75) is 19.8 Å². The van der Waals surface area contributed by atoms with Gasteiger partial charge in [-0.3, -0.25) is 4.79 Å². The Morgan fingerprint density at radius 3 is 2.33 bits per heavy atom. The second kappa shape index (κ2) is 9.37. The summed E-state index contributed by atoms with van der Waals surface area (Å²) < 4.78 is 0. The first-order valence-electron chi connectivity index (χ1n) is 7.53. The van der Waals surface area contributed by atoms with Gasteiger partial charge in [-0.2, -0.15) is 0 Å². The van der Waals surface area contributed by atoms with Crippen LogP contribution in [0.1, 0.15) is 19.8 Å². The highest BCUT2D eigenvalue weighted by Gasteiger charge is 2.08. The molecule has 1 aromatic rings. The van der Waals surface area contributed by atoms with Gasteiger partial charge in [0.1, 0.15) is 0 Å². The number of amides is 1. The molecule has 0 aliphatic rings. The van der Waals surface area contributed by atoms with Gasteiger partial charge in [0.05, 0.1) is 0 Å². The maximum absolute atomic E-state index is 12.0. The fraction of sp³-hybridized carbons (Fsp3) is 0.562. The highest BCUT2D eigenvalue weighted by molar-refractivity contribution is 5.90. The van der Waals surface area contributed by atoms with Gasteiger partial charge in [0.2, 0.25) is 5.91 Å². The minimum Gasteiger partial charge on any atom is -0.399 e. The number of anilines is 2. The van der Waals surface area contributed by atoms with Crippen LogP contribution in [0.3, 0.4) is 0 Å². The van der Waals surface area contributed by atoms with Gasteiger partial charge in [0, 0.05) is 37.4 Å². The van der Waals surface area contributed by atoms with E-state index in [1.807, 2.05) is 12.1 Å². The van der Waals surface area contributed by atoms with E-state index < -0.39 is 0 Å². The number of nitrogens with two attached hydrogens (primary N) is 1. The highest BCUT2D eigenvalue weighted by atomic mass is 16.1. The number of nitrogens with one attached hydrogen (secondary N) is 1. The van der Waals surface area contributed by atoms with Gasteiger partial charge in [0.15, 0.2) is 0 Å². The molecule has 0 aliphatic carbocycles. The summed E-state index contributed by atoms with van der Waals surface area (Å²) in [5, 5.41) is 2.90. The van der Waals surface area contributed by atoms with Crippen LogP contribution >= 0.6 is 0 Å². The Kier molecular flexibility index (Phi) is 7.79. The minimum atomic E-state index is 0.0470. The van der Waals surface area contributed by atoms with Gasteiger partial charge in [-0.05, 0) is 51.3 Å². The molecule has 0 aliphatic heterocycles. The van der Waals surface area contributed by atoms with Gasteiger partial charge >= 0.3 is 0 Å². The summed E-state index contributed by atoms with van der Waals surface area (Å²) in [6, 6.07) is 7.22. The first-order chi connectivity index (χ1) is 10.0. The van der Waals surface area contributed by atoms with E-state index in [0.717, 1.165) is 38.3 Å². The molecule has 118 valence electrons. The lowest BCUT2D eigenvalue weighted by Gasteiger charge is -2.23. The van der Waals surface area contributed by atoms with E-state index in [4.69, 9.17) is 5.73 Å². The van der Waals surface area contributed by atoms with Crippen molar-refractivity contribution in [1.82, 2.24) is 9.80 Å². The smallest absolute Gasteiger partial charge is 0.225 e. The molecule has 1 amide bonds. The molecule has 21 heavy (non-hydrogen) atoms.